The summed E-state index contributed by atoms with van der Waals surface area (Å²) in [6, 6.07) is 7.70. The average Bonchev–Trinajstić information content (AvgIpc) is 2.69. The van der Waals surface area contributed by atoms with Crippen molar-refractivity contribution in [3.05, 3.63) is 34.6 Å². The van der Waals surface area contributed by atoms with Gasteiger partial charge in [0.2, 0.25) is 5.91 Å². The number of nitrogens with one attached hydrogen (secondary N) is 1. The number of rotatable bonds is 6. The molecule has 1 aromatic heterocycles. The Kier molecular flexibility index (Phi) is 6.81. The average molecular weight is 402 g/mol. The van der Waals surface area contributed by atoms with Gasteiger partial charge in [-0.05, 0) is 43.7 Å². The number of aromatic nitrogens is 2. The summed E-state index contributed by atoms with van der Waals surface area (Å²) < 4.78 is 1.74. The molecule has 0 saturated heterocycles. The highest BCUT2D eigenvalue weighted by atomic mass is 32.2. The Morgan fingerprint density at radius 1 is 1.32 bits per heavy atom. The fourth-order valence-electron chi connectivity index (χ4n) is 3.96. The maximum atomic E-state index is 13.0. The van der Waals surface area contributed by atoms with Crippen LogP contribution in [-0.4, -0.2) is 27.3 Å². The standard InChI is InChI=1S/C22H31N3O2S/c1-5-15(3)25-21(27)17-10-6-7-11-19(17)24-22(25)28-13-20(26)23-18-12-8-9-14(2)16(18)4/h6-7,10-11,14-16,18H,5,8-9,12-13H2,1-4H3,(H,23,26)/t14-,15+,16-,18+/m0/s1. The number of fused-ring (bicyclic) bond motifs is 1. The van der Waals surface area contributed by atoms with Crippen LogP contribution in [0.3, 0.4) is 0 Å². The number of thioether (sulfide) groups is 1. The van der Waals surface area contributed by atoms with E-state index >= 15 is 0 Å². The summed E-state index contributed by atoms with van der Waals surface area (Å²) in [7, 11) is 0. The van der Waals surface area contributed by atoms with Gasteiger partial charge in [-0.25, -0.2) is 4.98 Å². The molecule has 4 atom stereocenters. The summed E-state index contributed by atoms with van der Waals surface area (Å²) in [5, 5.41) is 4.46. The van der Waals surface area contributed by atoms with E-state index in [4.69, 9.17) is 4.98 Å². The van der Waals surface area contributed by atoms with E-state index in [0.29, 0.717) is 27.9 Å². The first-order valence-corrected chi connectivity index (χ1v) is 11.3. The van der Waals surface area contributed by atoms with Crippen LogP contribution < -0.4 is 10.9 Å². The lowest BCUT2D eigenvalue weighted by atomic mass is 9.78. The number of benzene rings is 1. The Morgan fingerprint density at radius 3 is 2.82 bits per heavy atom. The van der Waals surface area contributed by atoms with Gasteiger partial charge in [0.15, 0.2) is 5.16 Å². The predicted molar refractivity (Wildman–Crippen MR) is 116 cm³/mol. The zero-order valence-electron chi connectivity index (χ0n) is 17.3. The van der Waals surface area contributed by atoms with Crippen molar-refractivity contribution >= 4 is 28.6 Å². The highest BCUT2D eigenvalue weighted by Crippen LogP contribution is 2.29. The van der Waals surface area contributed by atoms with E-state index < -0.39 is 0 Å². The van der Waals surface area contributed by atoms with Gasteiger partial charge in [-0.1, -0.05) is 57.5 Å². The second-order valence-corrected chi connectivity index (χ2v) is 9.02. The van der Waals surface area contributed by atoms with Gasteiger partial charge in [-0.15, -0.1) is 0 Å². The topological polar surface area (TPSA) is 64.0 Å². The van der Waals surface area contributed by atoms with Crippen molar-refractivity contribution < 1.29 is 4.79 Å². The molecule has 1 saturated carbocycles. The molecule has 2 aromatic rings. The fraction of sp³-hybridized carbons (Fsp3) is 0.591. The number of nitrogens with zero attached hydrogens (tertiary/aromatic N) is 2. The number of carbonyl (C=O) groups is 1. The highest BCUT2D eigenvalue weighted by molar-refractivity contribution is 7.99. The lowest BCUT2D eigenvalue weighted by Gasteiger charge is -2.34. The van der Waals surface area contributed by atoms with Crippen molar-refractivity contribution in [1.82, 2.24) is 14.9 Å². The molecule has 1 aliphatic carbocycles. The zero-order valence-corrected chi connectivity index (χ0v) is 18.1. The first-order valence-electron chi connectivity index (χ1n) is 10.4. The summed E-state index contributed by atoms with van der Waals surface area (Å²) >= 11 is 1.36. The Bertz CT molecular complexity index is 895. The predicted octanol–water partition coefficient (Wildman–Crippen LogP) is 4.40. The summed E-state index contributed by atoms with van der Waals surface area (Å²) in [6.45, 7) is 8.57. The molecule has 0 aliphatic heterocycles. The number of amides is 1. The Labute approximate surface area is 171 Å². The van der Waals surface area contributed by atoms with Crippen LogP contribution in [0.4, 0.5) is 0 Å². The highest BCUT2D eigenvalue weighted by Gasteiger charge is 2.28. The lowest BCUT2D eigenvalue weighted by Crippen LogP contribution is -2.44. The first-order chi connectivity index (χ1) is 13.4. The normalized spacial score (nSPS) is 23.5. The first kappa shape index (κ1) is 20.9. The molecule has 1 amide bonds. The molecule has 1 aliphatic rings. The molecule has 5 nitrogen and oxygen atoms in total. The summed E-state index contributed by atoms with van der Waals surface area (Å²) in [5.41, 5.74) is 0.655. The van der Waals surface area contributed by atoms with Gasteiger partial charge >= 0.3 is 0 Å². The maximum Gasteiger partial charge on any atom is 0.262 e. The van der Waals surface area contributed by atoms with Gasteiger partial charge in [0.25, 0.3) is 5.56 Å². The van der Waals surface area contributed by atoms with Gasteiger partial charge in [0.1, 0.15) is 0 Å². The lowest BCUT2D eigenvalue weighted by molar-refractivity contribution is -0.120. The van der Waals surface area contributed by atoms with Gasteiger partial charge in [0.05, 0.1) is 16.7 Å². The van der Waals surface area contributed by atoms with E-state index in [-0.39, 0.29) is 29.3 Å². The second kappa shape index (κ2) is 9.12. The fourth-order valence-corrected chi connectivity index (χ4v) is 4.87. The minimum atomic E-state index is -0.0300. The van der Waals surface area contributed by atoms with E-state index in [1.165, 1.54) is 24.6 Å². The molecule has 1 aromatic carbocycles. The molecule has 152 valence electrons. The molecule has 6 heteroatoms. The van der Waals surface area contributed by atoms with Crippen LogP contribution >= 0.6 is 11.8 Å². The van der Waals surface area contributed by atoms with Crippen molar-refractivity contribution in [2.45, 2.75) is 70.6 Å². The summed E-state index contributed by atoms with van der Waals surface area (Å²) in [6.07, 6.45) is 4.29. The Morgan fingerprint density at radius 2 is 2.07 bits per heavy atom. The van der Waals surface area contributed by atoms with E-state index in [9.17, 15) is 9.59 Å². The van der Waals surface area contributed by atoms with Crippen LogP contribution in [0, 0.1) is 11.8 Å². The molecule has 28 heavy (non-hydrogen) atoms. The quantitative estimate of drug-likeness (QED) is 0.576. The Hall–Kier alpha value is -1.82. The van der Waals surface area contributed by atoms with Crippen molar-refractivity contribution in [3.63, 3.8) is 0 Å². The molecule has 0 bridgehead atoms. The van der Waals surface area contributed by atoms with Crippen LogP contribution in [0.1, 0.15) is 59.4 Å². The van der Waals surface area contributed by atoms with Crippen molar-refractivity contribution in [2.75, 3.05) is 5.75 Å². The monoisotopic (exact) mass is 401 g/mol. The number of hydrogen-bond donors (Lipinski definition) is 1. The third-order valence-electron chi connectivity index (χ3n) is 6.19. The number of hydrogen-bond acceptors (Lipinski definition) is 4. The molecule has 1 N–H and O–H groups in total. The van der Waals surface area contributed by atoms with E-state index in [0.717, 1.165) is 12.8 Å². The van der Waals surface area contributed by atoms with E-state index in [1.54, 1.807) is 4.57 Å². The van der Waals surface area contributed by atoms with Crippen LogP contribution in [0.25, 0.3) is 10.9 Å². The molecule has 0 radical (unpaired) electrons. The molecule has 1 fully saturated rings. The van der Waals surface area contributed by atoms with Gasteiger partial charge in [-0.2, -0.15) is 0 Å². The van der Waals surface area contributed by atoms with Gasteiger partial charge in [0, 0.05) is 12.1 Å². The van der Waals surface area contributed by atoms with E-state index in [2.05, 4.69) is 26.1 Å². The SMILES string of the molecule is CC[C@@H](C)n1c(SCC(=O)N[C@@H]2CCC[C@H](C)[C@@H]2C)nc2ccccc2c1=O. The molecule has 0 spiro atoms. The third kappa shape index (κ3) is 4.43. The molecule has 0 unspecified atom stereocenters. The van der Waals surface area contributed by atoms with Crippen molar-refractivity contribution in [1.29, 1.82) is 0 Å². The third-order valence-corrected chi connectivity index (χ3v) is 7.15. The van der Waals surface area contributed by atoms with Gasteiger partial charge in [-0.3, -0.25) is 14.2 Å². The summed E-state index contributed by atoms with van der Waals surface area (Å²) in [4.78, 5) is 30.3. The molecular formula is C22H31N3O2S. The summed E-state index contributed by atoms with van der Waals surface area (Å²) in [5.74, 6) is 1.44. The second-order valence-electron chi connectivity index (χ2n) is 8.07. The molecule has 3 rings (SSSR count). The zero-order chi connectivity index (χ0) is 20.3. The Balaban J connectivity index is 1.78. The number of carbonyl (C=O) groups excluding carboxylic acids is 1. The maximum absolute atomic E-state index is 13.0. The van der Waals surface area contributed by atoms with Gasteiger partial charge < -0.3 is 5.32 Å². The smallest absolute Gasteiger partial charge is 0.262 e. The molecular weight excluding hydrogens is 370 g/mol. The largest absolute Gasteiger partial charge is 0.352 e. The molecule has 1 heterocycles. The van der Waals surface area contributed by atoms with Crippen LogP contribution in [0.15, 0.2) is 34.2 Å². The van der Waals surface area contributed by atoms with Crippen LogP contribution in [0.2, 0.25) is 0 Å². The number of para-hydroxylation sites is 1. The van der Waals surface area contributed by atoms with E-state index in [1.807, 2.05) is 31.2 Å². The van der Waals surface area contributed by atoms with Crippen LogP contribution in [0.5, 0.6) is 0 Å². The van der Waals surface area contributed by atoms with Crippen LogP contribution in [-0.2, 0) is 4.79 Å². The minimum Gasteiger partial charge on any atom is -0.352 e. The minimum absolute atomic E-state index is 0.0223. The van der Waals surface area contributed by atoms with Crippen molar-refractivity contribution in [2.24, 2.45) is 11.8 Å². The van der Waals surface area contributed by atoms with Crippen molar-refractivity contribution in [3.8, 4) is 0 Å².